The highest BCUT2D eigenvalue weighted by Crippen LogP contribution is 2.28. The average molecular weight is 683 g/mol. The van der Waals surface area contributed by atoms with Crippen LogP contribution < -0.4 is 5.43 Å². The number of benzene rings is 1. The van der Waals surface area contributed by atoms with Crippen LogP contribution in [-0.2, 0) is 16.1 Å². The maximum atomic E-state index is 13.8. The summed E-state index contributed by atoms with van der Waals surface area (Å²) in [6.07, 6.45) is 2.85. The average Bonchev–Trinajstić information content (AvgIpc) is 3.56. The molecule has 44 heavy (non-hydrogen) atoms. The number of aliphatic carboxylic acids is 1. The van der Waals surface area contributed by atoms with Crippen LogP contribution in [0.25, 0.3) is 0 Å². The van der Waals surface area contributed by atoms with E-state index in [1.165, 1.54) is 19.0 Å². The second-order valence-electron chi connectivity index (χ2n) is 10.9. The maximum absolute atomic E-state index is 13.8. The number of nitrogens with zero attached hydrogens (tertiary/aromatic N) is 6. The van der Waals surface area contributed by atoms with E-state index in [9.17, 15) is 23.2 Å². The Bertz CT molecular complexity index is 1320. The van der Waals surface area contributed by atoms with Gasteiger partial charge in [0, 0.05) is 37.4 Å². The molecule has 238 valence electrons. The van der Waals surface area contributed by atoms with Gasteiger partial charge in [-0.05, 0) is 72.4 Å². The molecule has 11 nitrogen and oxygen atoms in total. The van der Waals surface area contributed by atoms with E-state index in [-0.39, 0.29) is 17.8 Å². The van der Waals surface area contributed by atoms with Gasteiger partial charge in [-0.15, -0.1) is 0 Å². The van der Waals surface area contributed by atoms with E-state index in [1.54, 1.807) is 5.01 Å². The van der Waals surface area contributed by atoms with Crippen molar-refractivity contribution in [3.8, 4) is 6.07 Å². The number of morpholine rings is 1. The van der Waals surface area contributed by atoms with Crippen LogP contribution >= 0.6 is 15.9 Å². The summed E-state index contributed by atoms with van der Waals surface area (Å²) in [5.74, 6) is -2.36. The van der Waals surface area contributed by atoms with E-state index >= 15 is 0 Å². The van der Waals surface area contributed by atoms with Gasteiger partial charge in [0.25, 0.3) is 5.91 Å². The summed E-state index contributed by atoms with van der Waals surface area (Å²) < 4.78 is 37.9. The molecule has 2 aliphatic heterocycles. The molecule has 2 N–H and O–H groups in total. The zero-order valence-corrected chi connectivity index (χ0v) is 25.7. The van der Waals surface area contributed by atoms with Crippen LogP contribution in [0, 0.1) is 11.3 Å². The van der Waals surface area contributed by atoms with Crippen LogP contribution in [0.2, 0.25) is 0 Å². The Hall–Kier alpha value is -3.32. The number of halogens is 4. The smallest absolute Gasteiger partial charge is 0.475 e. The van der Waals surface area contributed by atoms with Crippen LogP contribution in [0.3, 0.4) is 0 Å². The third-order valence-electron chi connectivity index (χ3n) is 7.92. The summed E-state index contributed by atoms with van der Waals surface area (Å²) in [4.78, 5) is 36.0. The Morgan fingerprint density at radius 3 is 2.41 bits per heavy atom. The SMILES string of the molecule is N#Cc1ncc(Br)c(NN(C(=O)c2cccc(CN3CCC(N4CCOCC4)CC3)c2)C2CCCC2)n1.O=C(O)C(F)(F)F. The first-order valence-corrected chi connectivity index (χ1v) is 15.3. The summed E-state index contributed by atoms with van der Waals surface area (Å²) in [6.45, 7) is 6.77. The van der Waals surface area contributed by atoms with Crippen LogP contribution in [-0.4, -0.2) is 99.4 Å². The number of carboxylic acid groups (broad SMARTS) is 1. The van der Waals surface area contributed by atoms with Gasteiger partial charge in [-0.25, -0.2) is 14.8 Å². The number of carbonyl (C=O) groups excluding carboxylic acids is 1. The number of carbonyl (C=O) groups is 2. The van der Waals surface area contributed by atoms with E-state index < -0.39 is 12.1 Å². The van der Waals surface area contributed by atoms with Gasteiger partial charge < -0.3 is 9.84 Å². The minimum atomic E-state index is -5.08. The molecule has 1 amide bonds. The Morgan fingerprint density at radius 1 is 1.14 bits per heavy atom. The zero-order chi connectivity index (χ0) is 31.7. The van der Waals surface area contributed by atoms with E-state index in [0.717, 1.165) is 77.2 Å². The Labute approximate surface area is 262 Å². The van der Waals surface area contributed by atoms with Gasteiger partial charge in [-0.2, -0.15) is 23.4 Å². The van der Waals surface area contributed by atoms with Gasteiger partial charge in [0.2, 0.25) is 5.82 Å². The maximum Gasteiger partial charge on any atom is 0.490 e. The molecule has 0 radical (unpaired) electrons. The Morgan fingerprint density at radius 2 is 1.80 bits per heavy atom. The number of hydrazine groups is 1. The number of anilines is 1. The molecule has 2 aromatic rings. The molecule has 5 rings (SSSR count). The van der Waals surface area contributed by atoms with Crippen molar-refractivity contribution < 1.29 is 32.6 Å². The molecular weight excluding hydrogens is 647 g/mol. The van der Waals surface area contributed by atoms with Gasteiger partial charge >= 0.3 is 12.1 Å². The van der Waals surface area contributed by atoms with Crippen molar-refractivity contribution in [3.05, 3.63) is 51.9 Å². The fourth-order valence-electron chi connectivity index (χ4n) is 5.67. The van der Waals surface area contributed by atoms with Crippen molar-refractivity contribution >= 4 is 33.6 Å². The van der Waals surface area contributed by atoms with Crippen LogP contribution in [0.5, 0.6) is 0 Å². The first-order valence-electron chi connectivity index (χ1n) is 14.5. The van der Waals surface area contributed by atoms with Crippen molar-refractivity contribution in [1.82, 2.24) is 24.8 Å². The summed E-state index contributed by atoms with van der Waals surface area (Å²) in [5, 5.41) is 18.0. The highest BCUT2D eigenvalue weighted by atomic mass is 79.9. The number of rotatable bonds is 7. The number of alkyl halides is 3. The highest BCUT2D eigenvalue weighted by molar-refractivity contribution is 9.10. The highest BCUT2D eigenvalue weighted by Gasteiger charge is 2.38. The van der Waals surface area contributed by atoms with Gasteiger partial charge in [-0.1, -0.05) is 25.0 Å². The second kappa shape index (κ2) is 15.6. The Balaban J connectivity index is 0.000000566. The van der Waals surface area contributed by atoms with Crippen molar-refractivity contribution in [3.63, 3.8) is 0 Å². The number of amides is 1. The standard InChI is InChI=1S/C27H34BrN7O2.C2HF3O2/c28-24-18-30-25(17-29)31-26(24)32-35(23-6-1-2-7-23)27(36)21-5-3-4-20(16-21)19-33-10-8-22(9-11-33)34-12-14-37-15-13-34;3-2(4,5)1(6)7/h3-5,16,18,22-23H,1-2,6-15,19H2,(H,30,31,32);(H,6,7). The molecule has 1 saturated carbocycles. The monoisotopic (exact) mass is 681 g/mol. The molecule has 0 bridgehead atoms. The fraction of sp³-hybridized carbons (Fsp3) is 0.552. The molecule has 3 aliphatic rings. The molecular formula is C29H35BrF3N7O4. The van der Waals surface area contributed by atoms with Gasteiger partial charge in [0.05, 0.1) is 23.7 Å². The van der Waals surface area contributed by atoms with Gasteiger partial charge in [0.15, 0.2) is 5.82 Å². The number of nitriles is 1. The summed E-state index contributed by atoms with van der Waals surface area (Å²) in [6, 6.07) is 10.7. The van der Waals surface area contributed by atoms with Crippen molar-refractivity contribution in [2.24, 2.45) is 0 Å². The summed E-state index contributed by atoms with van der Waals surface area (Å²) in [5.41, 5.74) is 5.02. The first-order chi connectivity index (χ1) is 21.0. The quantitative estimate of drug-likeness (QED) is 0.404. The predicted octanol–water partition coefficient (Wildman–Crippen LogP) is 4.45. The molecule has 3 fully saturated rings. The molecule has 0 atom stereocenters. The molecule has 1 aromatic heterocycles. The third kappa shape index (κ3) is 9.34. The van der Waals surface area contributed by atoms with Crippen molar-refractivity contribution in [1.29, 1.82) is 5.26 Å². The van der Waals surface area contributed by atoms with E-state index in [4.69, 9.17) is 14.6 Å². The summed E-state index contributed by atoms with van der Waals surface area (Å²) in [7, 11) is 0. The number of hydrogen-bond acceptors (Lipinski definition) is 9. The molecule has 2 saturated heterocycles. The van der Waals surface area contributed by atoms with Crippen molar-refractivity contribution in [2.75, 3.05) is 44.8 Å². The first kappa shape index (κ1) is 33.6. The third-order valence-corrected chi connectivity index (χ3v) is 8.50. The minimum Gasteiger partial charge on any atom is -0.475 e. The number of nitrogens with one attached hydrogen (secondary N) is 1. The lowest BCUT2D eigenvalue weighted by atomic mass is 10.0. The lowest BCUT2D eigenvalue weighted by molar-refractivity contribution is -0.192. The normalized spacial score (nSPS) is 18.6. The van der Waals surface area contributed by atoms with Crippen LogP contribution in [0.1, 0.15) is 60.3 Å². The number of aromatic nitrogens is 2. The number of piperidine rings is 1. The van der Waals surface area contributed by atoms with Crippen molar-refractivity contribution in [2.45, 2.75) is 63.3 Å². The zero-order valence-electron chi connectivity index (χ0n) is 24.1. The van der Waals surface area contributed by atoms with E-state index in [1.807, 2.05) is 24.3 Å². The lowest BCUT2D eigenvalue weighted by Crippen LogP contribution is -2.48. The number of likely N-dealkylation sites (tertiary alicyclic amines) is 1. The second-order valence-corrected chi connectivity index (χ2v) is 11.7. The largest absolute Gasteiger partial charge is 0.490 e. The molecule has 15 heteroatoms. The molecule has 1 aliphatic carbocycles. The topological polar surface area (TPSA) is 135 Å². The van der Waals surface area contributed by atoms with E-state index in [0.29, 0.717) is 21.9 Å². The molecule has 0 spiro atoms. The molecule has 3 heterocycles. The lowest BCUT2D eigenvalue weighted by Gasteiger charge is -2.40. The van der Waals surface area contributed by atoms with Gasteiger partial charge in [-0.3, -0.25) is 20.0 Å². The fourth-order valence-corrected chi connectivity index (χ4v) is 5.95. The predicted molar refractivity (Wildman–Crippen MR) is 157 cm³/mol. The van der Waals surface area contributed by atoms with E-state index in [2.05, 4.69) is 47.2 Å². The Kier molecular flexibility index (Phi) is 11.9. The number of ether oxygens (including phenoxy) is 1. The van der Waals surface area contributed by atoms with Crippen LogP contribution in [0.15, 0.2) is 34.9 Å². The molecule has 0 unspecified atom stereocenters. The van der Waals surface area contributed by atoms with Crippen LogP contribution in [0.4, 0.5) is 19.0 Å². The number of carboxylic acids is 1. The summed E-state index contributed by atoms with van der Waals surface area (Å²) >= 11 is 3.45. The minimum absolute atomic E-state index is 0.0592. The number of hydrogen-bond donors (Lipinski definition) is 2. The molecule has 1 aromatic carbocycles. The van der Waals surface area contributed by atoms with Gasteiger partial charge in [0.1, 0.15) is 6.07 Å².